The molecule has 1 aliphatic heterocycles. The zero-order valence-electron chi connectivity index (χ0n) is 13.4. The Bertz CT molecular complexity index is 907. The molecule has 2 aromatic heterocycles. The van der Waals surface area contributed by atoms with Gasteiger partial charge in [-0.25, -0.2) is 18.9 Å². The molecule has 25 heavy (non-hydrogen) atoms. The van der Waals surface area contributed by atoms with Crippen molar-refractivity contribution in [1.82, 2.24) is 24.5 Å². The van der Waals surface area contributed by atoms with E-state index in [9.17, 15) is 9.18 Å². The highest BCUT2D eigenvalue weighted by atomic mass is 19.1. The Balaban J connectivity index is 1.52. The van der Waals surface area contributed by atoms with E-state index < -0.39 is 11.9 Å². The molecule has 3 aromatic rings. The summed E-state index contributed by atoms with van der Waals surface area (Å²) >= 11 is 0. The van der Waals surface area contributed by atoms with Crippen LogP contribution in [0.2, 0.25) is 0 Å². The van der Waals surface area contributed by atoms with Gasteiger partial charge < -0.3 is 9.30 Å². The normalized spacial score (nSPS) is 17.1. The number of hydrogen-bond donors (Lipinski definition) is 0. The van der Waals surface area contributed by atoms with E-state index in [1.165, 1.54) is 17.3 Å². The molecule has 1 aliphatic rings. The smallest absolute Gasteiger partial charge is 0.414 e. The van der Waals surface area contributed by atoms with Crippen LogP contribution < -0.4 is 4.90 Å². The highest BCUT2D eigenvalue weighted by Gasteiger charge is 2.33. The van der Waals surface area contributed by atoms with Gasteiger partial charge in [0.25, 0.3) is 0 Å². The van der Waals surface area contributed by atoms with Crippen molar-refractivity contribution in [1.29, 1.82) is 0 Å². The number of rotatable bonds is 4. The second kappa shape index (κ2) is 6.00. The molecule has 1 aromatic carbocycles. The molecule has 0 radical (unpaired) electrons. The number of carbonyl (C=O) groups excluding carboxylic acids is 1. The van der Waals surface area contributed by atoms with Crippen molar-refractivity contribution in [3.8, 4) is 5.69 Å². The highest BCUT2D eigenvalue weighted by Crippen LogP contribution is 2.25. The number of imidazole rings is 1. The van der Waals surface area contributed by atoms with Crippen molar-refractivity contribution >= 4 is 11.8 Å². The second-order valence-electron chi connectivity index (χ2n) is 5.80. The van der Waals surface area contributed by atoms with Crippen molar-refractivity contribution in [3.63, 3.8) is 0 Å². The minimum atomic E-state index is -0.503. The fraction of sp³-hybridized carbons (Fsp3) is 0.250. The van der Waals surface area contributed by atoms with Gasteiger partial charge in [0.15, 0.2) is 0 Å². The van der Waals surface area contributed by atoms with Crippen LogP contribution in [0.1, 0.15) is 5.69 Å². The maximum Gasteiger partial charge on any atom is 0.414 e. The van der Waals surface area contributed by atoms with Gasteiger partial charge in [-0.05, 0) is 25.1 Å². The van der Waals surface area contributed by atoms with Gasteiger partial charge in [0.05, 0.1) is 36.5 Å². The summed E-state index contributed by atoms with van der Waals surface area (Å²) < 4.78 is 22.9. The molecule has 0 N–H and O–H groups in total. The molecule has 3 heterocycles. The number of amides is 1. The van der Waals surface area contributed by atoms with E-state index in [4.69, 9.17) is 4.74 Å². The molecule has 1 saturated heterocycles. The molecule has 4 rings (SSSR count). The van der Waals surface area contributed by atoms with Gasteiger partial charge >= 0.3 is 6.09 Å². The van der Waals surface area contributed by atoms with Crippen LogP contribution in [-0.4, -0.2) is 43.3 Å². The first-order chi connectivity index (χ1) is 12.1. The monoisotopic (exact) mass is 342 g/mol. The number of nitrogens with zero attached hydrogens (tertiary/aromatic N) is 6. The third-order valence-electron chi connectivity index (χ3n) is 3.94. The summed E-state index contributed by atoms with van der Waals surface area (Å²) in [6, 6.07) is 4.61. The standard InChI is InChI=1S/C16H15FN6O2/c1-11-7-22(20-19-11)8-13-9-23(16(24)25-13)12-2-3-15(14(17)6-12)21-5-4-18-10-21/h2-7,10,13H,8-9H2,1H3/t13-/m0/s1. The van der Waals surface area contributed by atoms with E-state index in [2.05, 4.69) is 15.3 Å². The summed E-state index contributed by atoms with van der Waals surface area (Å²) in [6.07, 6.45) is 5.63. The Kier molecular flexibility index (Phi) is 3.68. The van der Waals surface area contributed by atoms with Gasteiger partial charge in [-0.3, -0.25) is 4.90 Å². The summed E-state index contributed by atoms with van der Waals surface area (Å²) in [7, 11) is 0. The highest BCUT2D eigenvalue weighted by molar-refractivity contribution is 5.89. The molecule has 0 unspecified atom stereocenters. The molecule has 1 atom stereocenters. The minimum absolute atomic E-state index is 0.321. The third kappa shape index (κ3) is 2.95. The van der Waals surface area contributed by atoms with Crippen molar-refractivity contribution < 1.29 is 13.9 Å². The van der Waals surface area contributed by atoms with Crippen molar-refractivity contribution in [2.75, 3.05) is 11.4 Å². The Morgan fingerprint density at radius 1 is 1.40 bits per heavy atom. The number of cyclic esters (lactones) is 1. The van der Waals surface area contributed by atoms with Crippen LogP contribution in [0, 0.1) is 12.7 Å². The number of anilines is 1. The lowest BCUT2D eigenvalue weighted by Crippen LogP contribution is -2.26. The number of benzene rings is 1. The topological polar surface area (TPSA) is 78.1 Å². The molecule has 8 nitrogen and oxygen atoms in total. The van der Waals surface area contributed by atoms with Crippen LogP contribution in [-0.2, 0) is 11.3 Å². The summed E-state index contributed by atoms with van der Waals surface area (Å²) in [5.41, 5.74) is 1.60. The van der Waals surface area contributed by atoms with E-state index in [1.54, 1.807) is 40.0 Å². The summed E-state index contributed by atoms with van der Waals surface area (Å²) in [6.45, 7) is 2.56. The predicted molar refractivity (Wildman–Crippen MR) is 85.9 cm³/mol. The van der Waals surface area contributed by atoms with Crippen LogP contribution in [0.5, 0.6) is 0 Å². The molecule has 0 bridgehead atoms. The number of aromatic nitrogens is 5. The van der Waals surface area contributed by atoms with Gasteiger partial charge in [-0.15, -0.1) is 5.10 Å². The van der Waals surface area contributed by atoms with Crippen LogP contribution >= 0.6 is 0 Å². The molecular weight excluding hydrogens is 327 g/mol. The summed E-state index contributed by atoms with van der Waals surface area (Å²) in [4.78, 5) is 17.4. The van der Waals surface area contributed by atoms with Crippen LogP contribution in [0.25, 0.3) is 5.69 Å². The molecule has 1 amide bonds. The fourth-order valence-electron chi connectivity index (χ4n) is 2.80. The molecule has 0 spiro atoms. The first-order valence-corrected chi connectivity index (χ1v) is 7.73. The van der Waals surface area contributed by atoms with Crippen molar-refractivity contribution in [2.45, 2.75) is 19.6 Å². The molecule has 0 aliphatic carbocycles. The number of hydrogen-bond acceptors (Lipinski definition) is 5. The lowest BCUT2D eigenvalue weighted by molar-refractivity contribution is 0.129. The quantitative estimate of drug-likeness (QED) is 0.724. The van der Waals surface area contributed by atoms with Gasteiger partial charge in [0.2, 0.25) is 0 Å². The third-order valence-corrected chi connectivity index (χ3v) is 3.94. The lowest BCUT2D eigenvalue weighted by Gasteiger charge is -2.14. The zero-order valence-corrected chi connectivity index (χ0v) is 13.4. The average Bonchev–Trinajstić information content (AvgIpc) is 3.30. The van der Waals surface area contributed by atoms with Crippen LogP contribution in [0.3, 0.4) is 0 Å². The predicted octanol–water partition coefficient (Wildman–Crippen LogP) is 1.94. The van der Waals surface area contributed by atoms with Crippen molar-refractivity contribution in [2.24, 2.45) is 0 Å². The first kappa shape index (κ1) is 15.3. The van der Waals surface area contributed by atoms with E-state index in [0.29, 0.717) is 24.5 Å². The maximum absolute atomic E-state index is 14.4. The average molecular weight is 342 g/mol. The Morgan fingerprint density at radius 3 is 2.96 bits per heavy atom. The van der Waals surface area contributed by atoms with E-state index in [-0.39, 0.29) is 6.10 Å². The molecule has 0 saturated carbocycles. The minimum Gasteiger partial charge on any atom is -0.442 e. The number of halogens is 1. The Labute approximate surface area is 142 Å². The number of carbonyl (C=O) groups is 1. The van der Waals surface area contributed by atoms with Crippen LogP contribution in [0.15, 0.2) is 43.1 Å². The Hall–Kier alpha value is -3.23. The largest absolute Gasteiger partial charge is 0.442 e. The van der Waals surface area contributed by atoms with Crippen LogP contribution in [0.4, 0.5) is 14.9 Å². The van der Waals surface area contributed by atoms with Crippen molar-refractivity contribution in [3.05, 3.63) is 54.6 Å². The van der Waals surface area contributed by atoms with Gasteiger partial charge in [0, 0.05) is 18.6 Å². The Morgan fingerprint density at radius 2 is 2.28 bits per heavy atom. The second-order valence-corrected chi connectivity index (χ2v) is 5.80. The molecule has 9 heteroatoms. The first-order valence-electron chi connectivity index (χ1n) is 7.73. The maximum atomic E-state index is 14.4. The molecular formula is C16H15FN6O2. The number of ether oxygens (including phenoxy) is 1. The summed E-state index contributed by atoms with van der Waals surface area (Å²) in [5, 5.41) is 7.85. The van der Waals surface area contributed by atoms with E-state index in [1.807, 2.05) is 6.92 Å². The SMILES string of the molecule is Cc1cn(C[C@H]2CN(c3ccc(-n4ccnc4)c(F)c3)C(=O)O2)nn1. The lowest BCUT2D eigenvalue weighted by atomic mass is 10.2. The van der Waals surface area contributed by atoms with Gasteiger partial charge in [-0.2, -0.15) is 0 Å². The fourth-order valence-corrected chi connectivity index (χ4v) is 2.80. The van der Waals surface area contributed by atoms with E-state index in [0.717, 1.165) is 5.69 Å². The molecule has 1 fully saturated rings. The summed E-state index contributed by atoms with van der Waals surface area (Å²) in [5.74, 6) is -0.446. The molecule has 128 valence electrons. The van der Waals surface area contributed by atoms with Gasteiger partial charge in [-0.1, -0.05) is 5.21 Å². The number of aryl methyl sites for hydroxylation is 1. The zero-order chi connectivity index (χ0) is 17.4. The van der Waals surface area contributed by atoms with E-state index >= 15 is 0 Å². The van der Waals surface area contributed by atoms with Gasteiger partial charge in [0.1, 0.15) is 11.9 Å².